The molecule has 1 amide bonds. The van der Waals surface area contributed by atoms with E-state index in [2.05, 4.69) is 52.5 Å². The second-order valence-corrected chi connectivity index (χ2v) is 14.3. The van der Waals surface area contributed by atoms with Crippen LogP contribution in [0, 0.1) is 5.92 Å². The number of phenolic OH excluding ortho intramolecular Hbond substituents is 1. The largest absolute Gasteiger partial charge is 0.506 e. The van der Waals surface area contributed by atoms with E-state index in [0.29, 0.717) is 30.2 Å². The lowest BCUT2D eigenvalue weighted by atomic mass is 9.81. The first-order valence-corrected chi connectivity index (χ1v) is 17.8. The third kappa shape index (κ3) is 9.69. The van der Waals surface area contributed by atoms with Crippen molar-refractivity contribution in [2.75, 3.05) is 37.2 Å². The number of piperidine rings is 1. The summed E-state index contributed by atoms with van der Waals surface area (Å²) in [5, 5.41) is 23.8. The van der Waals surface area contributed by atoms with E-state index < -0.39 is 16.1 Å². The number of carbonyl (C=O) groups excluding carboxylic acids is 1. The lowest BCUT2D eigenvalue weighted by Gasteiger charge is -2.32. The monoisotopic (exact) mass is 635 g/mol. The fourth-order valence-electron chi connectivity index (χ4n) is 6.44. The molecule has 9 nitrogen and oxygen atoms in total. The summed E-state index contributed by atoms with van der Waals surface area (Å²) in [6.07, 6.45) is 7.49. The number of nitrogens with zero attached hydrogens (tertiary/aromatic N) is 1. The number of benzene rings is 3. The second kappa shape index (κ2) is 15.1. The van der Waals surface area contributed by atoms with Crippen molar-refractivity contribution in [3.63, 3.8) is 0 Å². The molecule has 1 aliphatic carbocycles. The zero-order chi connectivity index (χ0) is 31.8. The fourth-order valence-corrected chi connectivity index (χ4v) is 7.00. The van der Waals surface area contributed by atoms with Gasteiger partial charge in [-0.2, -0.15) is 0 Å². The predicted octanol–water partition coefficient (Wildman–Crippen LogP) is 4.91. The minimum Gasteiger partial charge on any atom is -0.506 e. The summed E-state index contributed by atoms with van der Waals surface area (Å²) in [4.78, 5) is 15.2. The Bertz CT molecular complexity index is 1500. The number of carbonyl (C=O) groups is 1. The average molecular weight is 636 g/mol. The van der Waals surface area contributed by atoms with Crippen LogP contribution in [0.1, 0.15) is 65.9 Å². The Hall–Kier alpha value is -3.60. The number of likely N-dealkylation sites (tertiary alicyclic amines) is 1. The third-order valence-electron chi connectivity index (χ3n) is 8.97. The van der Waals surface area contributed by atoms with Gasteiger partial charge in [0.05, 0.1) is 11.9 Å². The van der Waals surface area contributed by atoms with Crippen LogP contribution in [-0.4, -0.2) is 74.1 Å². The summed E-state index contributed by atoms with van der Waals surface area (Å²) in [5.74, 6) is 1.35. The highest BCUT2D eigenvalue weighted by molar-refractivity contribution is 7.92. The second-order valence-electron chi connectivity index (χ2n) is 12.5. The van der Waals surface area contributed by atoms with Crippen molar-refractivity contribution in [3.8, 4) is 11.5 Å². The predicted molar refractivity (Wildman–Crippen MR) is 176 cm³/mol. The van der Waals surface area contributed by atoms with Crippen molar-refractivity contribution in [1.29, 1.82) is 0 Å². The zero-order valence-electron chi connectivity index (χ0n) is 25.9. The summed E-state index contributed by atoms with van der Waals surface area (Å²) in [7, 11) is -3.55. The molecule has 0 radical (unpaired) electrons. The van der Waals surface area contributed by atoms with Crippen LogP contribution in [-0.2, 0) is 16.4 Å². The summed E-state index contributed by atoms with van der Waals surface area (Å²) in [6, 6.07) is 23.4. The fraction of sp³-hybridized carbons (Fsp3) is 0.457. The van der Waals surface area contributed by atoms with Crippen molar-refractivity contribution in [3.05, 3.63) is 89.5 Å². The number of amides is 1. The quantitative estimate of drug-likeness (QED) is 0.208. The van der Waals surface area contributed by atoms with Gasteiger partial charge >= 0.3 is 0 Å². The molecule has 1 atom stereocenters. The van der Waals surface area contributed by atoms with E-state index in [1.165, 1.54) is 29.3 Å². The molecule has 1 heterocycles. The molecule has 4 N–H and O–H groups in total. The Morgan fingerprint density at radius 1 is 0.956 bits per heavy atom. The third-order valence-corrected chi connectivity index (χ3v) is 9.56. The molecular weight excluding hydrogens is 590 g/mol. The number of rotatable bonds is 12. The molecule has 0 spiro atoms. The van der Waals surface area contributed by atoms with Gasteiger partial charge in [-0.05, 0) is 92.2 Å². The van der Waals surface area contributed by atoms with Gasteiger partial charge in [0, 0.05) is 37.3 Å². The topological polar surface area (TPSA) is 128 Å². The molecule has 3 aromatic rings. The number of hydrogen-bond donors (Lipinski definition) is 4. The van der Waals surface area contributed by atoms with Gasteiger partial charge in [-0.15, -0.1) is 0 Å². The molecule has 3 aromatic carbocycles. The van der Waals surface area contributed by atoms with Crippen LogP contribution in [0.4, 0.5) is 5.69 Å². The van der Waals surface area contributed by atoms with Gasteiger partial charge in [-0.25, -0.2) is 8.42 Å². The molecule has 1 saturated heterocycles. The normalized spacial score (nSPS) is 20.0. The molecule has 0 aromatic heterocycles. The number of ether oxygens (including phenoxy) is 1. The van der Waals surface area contributed by atoms with E-state index in [1.807, 2.05) is 17.0 Å². The minimum absolute atomic E-state index is 0.0236. The molecule has 2 aliphatic rings. The summed E-state index contributed by atoms with van der Waals surface area (Å²) in [6.45, 7) is 2.04. The lowest BCUT2D eigenvalue weighted by Crippen LogP contribution is -2.39. The first-order chi connectivity index (χ1) is 21.6. The SMILES string of the molecule is CS(=O)(=O)Nc1cc(OC[C@@H](O)CNC2CCC(c3ccc(C(=O)N4CCC(Cc5ccccc5)CC4)cc3)CC2)ccc1O. The van der Waals surface area contributed by atoms with E-state index in [0.717, 1.165) is 69.9 Å². The Kier molecular flexibility index (Phi) is 11.0. The van der Waals surface area contributed by atoms with E-state index in [4.69, 9.17) is 4.74 Å². The Morgan fingerprint density at radius 2 is 1.64 bits per heavy atom. The molecule has 45 heavy (non-hydrogen) atoms. The average Bonchev–Trinajstić information content (AvgIpc) is 3.04. The van der Waals surface area contributed by atoms with Gasteiger partial charge < -0.3 is 25.2 Å². The highest BCUT2D eigenvalue weighted by atomic mass is 32.2. The van der Waals surface area contributed by atoms with Crippen LogP contribution in [0.5, 0.6) is 11.5 Å². The summed E-state index contributed by atoms with van der Waals surface area (Å²) in [5.41, 5.74) is 3.44. The van der Waals surface area contributed by atoms with Crippen LogP contribution in [0.15, 0.2) is 72.8 Å². The molecule has 5 rings (SSSR count). The number of phenols is 1. The van der Waals surface area contributed by atoms with Crippen molar-refractivity contribution in [2.24, 2.45) is 5.92 Å². The number of aromatic hydroxyl groups is 1. The number of hydrogen-bond acceptors (Lipinski definition) is 7. The van der Waals surface area contributed by atoms with Crippen molar-refractivity contribution >= 4 is 21.6 Å². The van der Waals surface area contributed by atoms with Crippen LogP contribution in [0.2, 0.25) is 0 Å². The van der Waals surface area contributed by atoms with Crippen LogP contribution >= 0.6 is 0 Å². The van der Waals surface area contributed by atoms with Crippen LogP contribution in [0.3, 0.4) is 0 Å². The number of nitrogens with one attached hydrogen (secondary N) is 2. The molecule has 0 bridgehead atoms. The van der Waals surface area contributed by atoms with Gasteiger partial charge in [-0.3, -0.25) is 9.52 Å². The molecular formula is C35H45N3O6S. The van der Waals surface area contributed by atoms with E-state index >= 15 is 0 Å². The maximum absolute atomic E-state index is 13.2. The molecule has 1 aliphatic heterocycles. The maximum atomic E-state index is 13.2. The van der Waals surface area contributed by atoms with Crippen LogP contribution < -0.4 is 14.8 Å². The molecule has 2 fully saturated rings. The van der Waals surface area contributed by atoms with Crippen molar-refractivity contribution in [2.45, 2.75) is 63.0 Å². The Labute approximate surface area is 266 Å². The first-order valence-electron chi connectivity index (χ1n) is 15.9. The highest BCUT2D eigenvalue weighted by Crippen LogP contribution is 2.33. The maximum Gasteiger partial charge on any atom is 0.253 e. The number of sulfonamides is 1. The van der Waals surface area contributed by atoms with Gasteiger partial charge in [0.1, 0.15) is 24.2 Å². The Balaban J connectivity index is 1.01. The van der Waals surface area contributed by atoms with E-state index in [-0.39, 0.29) is 24.0 Å². The van der Waals surface area contributed by atoms with Crippen molar-refractivity contribution in [1.82, 2.24) is 10.2 Å². The van der Waals surface area contributed by atoms with Crippen LogP contribution in [0.25, 0.3) is 0 Å². The van der Waals surface area contributed by atoms with Crippen molar-refractivity contribution < 1.29 is 28.2 Å². The Morgan fingerprint density at radius 3 is 2.31 bits per heavy atom. The minimum atomic E-state index is -3.55. The molecule has 0 unspecified atom stereocenters. The summed E-state index contributed by atoms with van der Waals surface area (Å²) >= 11 is 0. The van der Waals surface area contributed by atoms with E-state index in [1.54, 1.807) is 0 Å². The summed E-state index contributed by atoms with van der Waals surface area (Å²) < 4.78 is 30.8. The lowest BCUT2D eigenvalue weighted by molar-refractivity contribution is 0.0690. The zero-order valence-corrected chi connectivity index (χ0v) is 26.7. The molecule has 1 saturated carbocycles. The number of aliphatic hydroxyl groups is 1. The molecule has 10 heteroatoms. The van der Waals surface area contributed by atoms with Gasteiger partial charge in [0.2, 0.25) is 10.0 Å². The van der Waals surface area contributed by atoms with Gasteiger partial charge in [-0.1, -0.05) is 42.5 Å². The van der Waals surface area contributed by atoms with E-state index in [9.17, 15) is 23.4 Å². The molecule has 242 valence electrons. The first kappa shape index (κ1) is 32.8. The smallest absolute Gasteiger partial charge is 0.253 e. The van der Waals surface area contributed by atoms with Gasteiger partial charge in [0.25, 0.3) is 5.91 Å². The van der Waals surface area contributed by atoms with Gasteiger partial charge in [0.15, 0.2) is 0 Å². The standard InChI is InChI=1S/C35H45N3O6S/c1-45(42,43)37-33-22-32(15-16-34(33)40)44-24-31(39)23-36-30-13-11-28(12-14-30)27-7-9-29(10-8-27)35(41)38-19-17-26(18-20-38)21-25-5-3-2-4-6-25/h2-10,15-16,22,26,28,30-31,36-37,39-40H,11-14,17-21,23-24H2,1H3/t28?,30?,31-/m0/s1. The number of aliphatic hydroxyl groups excluding tert-OH is 1. The number of anilines is 1. The highest BCUT2D eigenvalue weighted by Gasteiger charge is 2.26.